The number of hydrogen-bond acceptors (Lipinski definition) is 3. The Morgan fingerprint density at radius 3 is 2.83 bits per heavy atom. The van der Waals surface area contributed by atoms with E-state index in [1.165, 1.54) is 0 Å². The molecule has 23 heavy (non-hydrogen) atoms. The Hall–Kier alpha value is -2.23. The summed E-state index contributed by atoms with van der Waals surface area (Å²) in [4.78, 5) is 13.4. The van der Waals surface area contributed by atoms with E-state index in [0.29, 0.717) is 18.3 Å². The number of aromatic hydroxyl groups is 2. The Kier molecular flexibility index (Phi) is 4.16. The molecule has 1 aliphatic carbocycles. The van der Waals surface area contributed by atoms with Crippen molar-refractivity contribution in [3.05, 3.63) is 47.6 Å². The molecular weight excluding hydrogens is 290 g/mol. The number of rotatable bonds is 3. The minimum atomic E-state index is -0.108. The van der Waals surface area contributed by atoms with Crippen LogP contribution in [0.2, 0.25) is 0 Å². The number of piperidine rings is 1. The van der Waals surface area contributed by atoms with Gasteiger partial charge in [0.15, 0.2) is 11.5 Å². The molecule has 0 saturated carbocycles. The lowest BCUT2D eigenvalue weighted by Gasteiger charge is -2.45. The maximum atomic E-state index is 11.5. The van der Waals surface area contributed by atoms with Crippen LogP contribution in [0.15, 0.2) is 36.4 Å². The van der Waals surface area contributed by atoms with Crippen LogP contribution in [-0.2, 0) is 11.2 Å². The number of amides is 1. The molecule has 1 aromatic carbocycles. The standard InChI is InChI=1S/C19H23NO3/c1-12-3-4-16-14(7-12)5-6-20(11-21)17(16)9-15-10-19(23)18(22)8-13(15)2/h3-4,8,10-11,14,16-17,22-23H,1,5-7,9H2,2H3. The van der Waals surface area contributed by atoms with Gasteiger partial charge < -0.3 is 15.1 Å². The number of fused-ring (bicyclic) bond motifs is 1. The summed E-state index contributed by atoms with van der Waals surface area (Å²) >= 11 is 0. The highest BCUT2D eigenvalue weighted by Gasteiger charge is 2.37. The minimum Gasteiger partial charge on any atom is -0.504 e. The molecule has 2 N–H and O–H groups in total. The molecule has 1 heterocycles. The van der Waals surface area contributed by atoms with Gasteiger partial charge in [0.1, 0.15) is 0 Å². The SMILES string of the molecule is C=C1C=CC2C(CCN(C=O)C2Cc2cc(O)c(O)cc2C)C1. The number of phenols is 2. The molecule has 1 fully saturated rings. The smallest absolute Gasteiger partial charge is 0.209 e. The van der Waals surface area contributed by atoms with Gasteiger partial charge in [-0.15, -0.1) is 0 Å². The van der Waals surface area contributed by atoms with Crippen molar-refractivity contribution < 1.29 is 15.0 Å². The zero-order chi connectivity index (χ0) is 16.6. The Labute approximate surface area is 136 Å². The maximum Gasteiger partial charge on any atom is 0.209 e. The maximum absolute atomic E-state index is 11.5. The van der Waals surface area contributed by atoms with Gasteiger partial charge in [0.05, 0.1) is 0 Å². The molecule has 2 aliphatic rings. The normalized spacial score (nSPS) is 26.9. The Morgan fingerprint density at radius 1 is 1.35 bits per heavy atom. The highest BCUT2D eigenvalue weighted by atomic mass is 16.3. The number of allylic oxidation sites excluding steroid dienone is 2. The van der Waals surface area contributed by atoms with Crippen LogP contribution in [0.5, 0.6) is 11.5 Å². The van der Waals surface area contributed by atoms with Gasteiger partial charge >= 0.3 is 0 Å². The molecule has 4 nitrogen and oxygen atoms in total. The second-order valence-electron chi connectivity index (χ2n) is 6.73. The Balaban J connectivity index is 1.91. The number of phenolic OH excluding ortho intramolecular Hbond substituents is 2. The summed E-state index contributed by atoms with van der Waals surface area (Å²) < 4.78 is 0. The number of carbonyl (C=O) groups is 1. The minimum absolute atomic E-state index is 0.0817. The van der Waals surface area contributed by atoms with Gasteiger partial charge in [0.2, 0.25) is 6.41 Å². The highest BCUT2D eigenvalue weighted by Crippen LogP contribution is 2.39. The van der Waals surface area contributed by atoms with Gasteiger partial charge in [-0.2, -0.15) is 0 Å². The lowest BCUT2D eigenvalue weighted by atomic mass is 9.72. The van der Waals surface area contributed by atoms with E-state index in [-0.39, 0.29) is 17.5 Å². The first-order valence-corrected chi connectivity index (χ1v) is 8.08. The zero-order valence-electron chi connectivity index (χ0n) is 13.4. The molecule has 0 bridgehead atoms. The fourth-order valence-electron chi connectivity index (χ4n) is 3.94. The van der Waals surface area contributed by atoms with Crippen molar-refractivity contribution in [2.45, 2.75) is 32.2 Å². The van der Waals surface area contributed by atoms with E-state index in [1.807, 2.05) is 11.8 Å². The van der Waals surface area contributed by atoms with E-state index in [1.54, 1.807) is 12.1 Å². The topological polar surface area (TPSA) is 60.8 Å². The second kappa shape index (κ2) is 6.11. The van der Waals surface area contributed by atoms with Gasteiger partial charge in [-0.25, -0.2) is 0 Å². The van der Waals surface area contributed by atoms with Gasteiger partial charge in [-0.3, -0.25) is 4.79 Å². The molecule has 1 aliphatic heterocycles. The number of hydrogen-bond donors (Lipinski definition) is 2. The molecular formula is C19H23NO3. The fourth-order valence-corrected chi connectivity index (χ4v) is 3.94. The van der Waals surface area contributed by atoms with Crippen molar-refractivity contribution >= 4 is 6.41 Å². The predicted molar refractivity (Wildman–Crippen MR) is 89.3 cm³/mol. The van der Waals surface area contributed by atoms with Crippen LogP contribution in [-0.4, -0.2) is 34.1 Å². The van der Waals surface area contributed by atoms with E-state index in [0.717, 1.165) is 42.5 Å². The van der Waals surface area contributed by atoms with Crippen LogP contribution in [0.4, 0.5) is 0 Å². The van der Waals surface area contributed by atoms with Gasteiger partial charge in [-0.1, -0.05) is 24.3 Å². The highest BCUT2D eigenvalue weighted by molar-refractivity contribution is 5.50. The fraction of sp³-hybridized carbons (Fsp3) is 0.421. The van der Waals surface area contributed by atoms with E-state index in [9.17, 15) is 15.0 Å². The van der Waals surface area contributed by atoms with Crippen molar-refractivity contribution in [2.75, 3.05) is 6.54 Å². The number of likely N-dealkylation sites (tertiary alicyclic amines) is 1. The van der Waals surface area contributed by atoms with Crippen LogP contribution in [0, 0.1) is 18.8 Å². The van der Waals surface area contributed by atoms with E-state index in [2.05, 4.69) is 18.7 Å². The van der Waals surface area contributed by atoms with Crippen LogP contribution >= 0.6 is 0 Å². The third-order valence-corrected chi connectivity index (χ3v) is 5.25. The van der Waals surface area contributed by atoms with Crippen molar-refractivity contribution in [1.82, 2.24) is 4.90 Å². The van der Waals surface area contributed by atoms with Crippen molar-refractivity contribution in [1.29, 1.82) is 0 Å². The summed E-state index contributed by atoms with van der Waals surface area (Å²) in [5.41, 5.74) is 3.05. The molecule has 1 amide bonds. The van der Waals surface area contributed by atoms with Gasteiger partial charge in [0.25, 0.3) is 0 Å². The quantitative estimate of drug-likeness (QED) is 0.666. The molecule has 3 rings (SSSR count). The van der Waals surface area contributed by atoms with Crippen LogP contribution in [0.3, 0.4) is 0 Å². The molecule has 0 spiro atoms. The molecule has 4 heteroatoms. The number of aryl methyl sites for hydroxylation is 1. The lowest BCUT2D eigenvalue weighted by molar-refractivity contribution is -0.123. The number of nitrogens with zero attached hydrogens (tertiary/aromatic N) is 1. The first kappa shape index (κ1) is 15.7. The molecule has 1 aromatic rings. The summed E-state index contributed by atoms with van der Waals surface area (Å²) in [5.74, 6) is 0.631. The summed E-state index contributed by atoms with van der Waals surface area (Å²) in [6, 6.07) is 3.27. The molecule has 1 saturated heterocycles. The Bertz CT molecular complexity index is 665. The Morgan fingerprint density at radius 2 is 2.09 bits per heavy atom. The zero-order valence-corrected chi connectivity index (χ0v) is 13.4. The molecule has 0 aromatic heterocycles. The molecule has 122 valence electrons. The number of benzene rings is 1. The third-order valence-electron chi connectivity index (χ3n) is 5.25. The molecule has 0 radical (unpaired) electrons. The lowest BCUT2D eigenvalue weighted by Crippen LogP contribution is -2.49. The summed E-state index contributed by atoms with van der Waals surface area (Å²) in [6.07, 6.45) is 7.87. The largest absolute Gasteiger partial charge is 0.504 e. The van der Waals surface area contributed by atoms with E-state index >= 15 is 0 Å². The van der Waals surface area contributed by atoms with E-state index in [4.69, 9.17) is 0 Å². The predicted octanol–water partition coefficient (Wildman–Crippen LogP) is 2.93. The van der Waals surface area contributed by atoms with Gasteiger partial charge in [0, 0.05) is 18.5 Å². The number of carbonyl (C=O) groups excluding carboxylic acids is 1. The monoisotopic (exact) mass is 313 g/mol. The summed E-state index contributed by atoms with van der Waals surface area (Å²) in [5, 5.41) is 19.4. The van der Waals surface area contributed by atoms with Crippen molar-refractivity contribution in [3.8, 4) is 11.5 Å². The van der Waals surface area contributed by atoms with Crippen LogP contribution in [0.1, 0.15) is 24.0 Å². The van der Waals surface area contributed by atoms with Gasteiger partial charge in [-0.05, 0) is 55.4 Å². The first-order valence-electron chi connectivity index (χ1n) is 8.08. The second-order valence-corrected chi connectivity index (χ2v) is 6.73. The summed E-state index contributed by atoms with van der Waals surface area (Å²) in [7, 11) is 0. The van der Waals surface area contributed by atoms with Crippen molar-refractivity contribution in [2.24, 2.45) is 11.8 Å². The summed E-state index contributed by atoms with van der Waals surface area (Å²) in [6.45, 7) is 6.74. The van der Waals surface area contributed by atoms with Crippen molar-refractivity contribution in [3.63, 3.8) is 0 Å². The molecule has 3 unspecified atom stereocenters. The average molecular weight is 313 g/mol. The average Bonchev–Trinajstić information content (AvgIpc) is 2.52. The van der Waals surface area contributed by atoms with Crippen LogP contribution < -0.4 is 0 Å². The van der Waals surface area contributed by atoms with Crippen LogP contribution in [0.25, 0.3) is 0 Å². The van der Waals surface area contributed by atoms with E-state index < -0.39 is 0 Å². The first-order chi connectivity index (χ1) is 11.0. The molecule has 3 atom stereocenters. The third kappa shape index (κ3) is 2.98.